The van der Waals surface area contributed by atoms with Crippen molar-refractivity contribution in [3.63, 3.8) is 0 Å². The van der Waals surface area contributed by atoms with Gasteiger partial charge >= 0.3 is 0 Å². The van der Waals surface area contributed by atoms with Crippen molar-refractivity contribution < 1.29 is 24.6 Å². The second-order valence-electron chi connectivity index (χ2n) is 10.6. The summed E-state index contributed by atoms with van der Waals surface area (Å²) in [5.41, 5.74) is -0.249. The SMILES string of the molecule is CC[C@@H]1C[C@H]2C[C@H]3/C=C/C=C/C(=O)NCCC[C@@H]4NC(=O)/C(=C(O)/C=C/C=C/[C@@H](O)[C@@H]3[C@H]2C1C)C4=O. The molecule has 7 heteroatoms. The van der Waals surface area contributed by atoms with Crippen LogP contribution in [0.3, 0.4) is 0 Å². The number of carbonyl (C=O) groups excluding carboxylic acids is 3. The Hall–Kier alpha value is -2.93. The number of aliphatic hydroxyl groups excluding tert-OH is 2. The minimum Gasteiger partial charge on any atom is -0.507 e. The van der Waals surface area contributed by atoms with Crippen molar-refractivity contribution in [3.05, 3.63) is 59.9 Å². The molecule has 8 atom stereocenters. The Morgan fingerprint density at radius 2 is 1.75 bits per heavy atom. The molecule has 194 valence electrons. The highest BCUT2D eigenvalue weighted by Gasteiger charge is 2.52. The zero-order chi connectivity index (χ0) is 25.8. The van der Waals surface area contributed by atoms with Crippen LogP contribution >= 0.6 is 0 Å². The zero-order valence-corrected chi connectivity index (χ0v) is 21.1. The third kappa shape index (κ3) is 5.41. The van der Waals surface area contributed by atoms with Gasteiger partial charge in [0.15, 0.2) is 5.78 Å². The fraction of sp³-hybridized carbons (Fsp3) is 0.552. The van der Waals surface area contributed by atoms with E-state index in [1.807, 2.05) is 6.08 Å². The first-order chi connectivity index (χ1) is 17.3. The predicted octanol–water partition coefficient (Wildman–Crippen LogP) is 3.30. The van der Waals surface area contributed by atoms with Crippen LogP contribution in [-0.2, 0) is 14.4 Å². The summed E-state index contributed by atoms with van der Waals surface area (Å²) in [5.74, 6) is 0.815. The Labute approximate surface area is 213 Å². The lowest BCUT2D eigenvalue weighted by atomic mass is 9.76. The molecular formula is C29H38N2O5. The number of fused-ring (bicyclic) bond motifs is 5. The number of ketones is 1. The van der Waals surface area contributed by atoms with E-state index < -0.39 is 23.8 Å². The minimum atomic E-state index is -0.714. The summed E-state index contributed by atoms with van der Waals surface area (Å²) < 4.78 is 0. The molecule has 2 aliphatic carbocycles. The molecular weight excluding hydrogens is 456 g/mol. The van der Waals surface area contributed by atoms with Gasteiger partial charge in [0.05, 0.1) is 12.1 Å². The van der Waals surface area contributed by atoms with E-state index in [9.17, 15) is 24.6 Å². The second-order valence-corrected chi connectivity index (χ2v) is 10.6. The summed E-state index contributed by atoms with van der Waals surface area (Å²) in [4.78, 5) is 37.1. The zero-order valence-electron chi connectivity index (χ0n) is 21.1. The van der Waals surface area contributed by atoms with Crippen LogP contribution in [0.25, 0.3) is 0 Å². The summed E-state index contributed by atoms with van der Waals surface area (Å²) in [6.07, 6.45) is 17.1. The first-order valence-electron chi connectivity index (χ1n) is 13.3. The molecule has 4 aliphatic rings. The highest BCUT2D eigenvalue weighted by molar-refractivity contribution is 6.27. The van der Waals surface area contributed by atoms with E-state index in [1.165, 1.54) is 18.6 Å². The molecule has 2 heterocycles. The summed E-state index contributed by atoms with van der Waals surface area (Å²) >= 11 is 0. The van der Waals surface area contributed by atoms with Gasteiger partial charge in [-0.1, -0.05) is 56.7 Å². The number of amides is 2. The predicted molar refractivity (Wildman–Crippen MR) is 138 cm³/mol. The molecule has 1 unspecified atom stereocenters. The number of hydrogen-bond donors (Lipinski definition) is 4. The number of hydrogen-bond acceptors (Lipinski definition) is 5. The maximum Gasteiger partial charge on any atom is 0.259 e. The molecule has 2 aliphatic heterocycles. The molecule has 0 aromatic carbocycles. The van der Waals surface area contributed by atoms with Crippen molar-refractivity contribution in [3.8, 4) is 0 Å². The van der Waals surface area contributed by atoms with Gasteiger partial charge in [-0.3, -0.25) is 14.4 Å². The van der Waals surface area contributed by atoms with E-state index in [0.717, 1.165) is 12.8 Å². The van der Waals surface area contributed by atoms with Gasteiger partial charge in [0.25, 0.3) is 5.91 Å². The molecule has 2 saturated carbocycles. The Morgan fingerprint density at radius 1 is 1.00 bits per heavy atom. The highest BCUT2D eigenvalue weighted by Crippen LogP contribution is 2.57. The van der Waals surface area contributed by atoms with Crippen LogP contribution in [0.1, 0.15) is 46.0 Å². The van der Waals surface area contributed by atoms with Crippen LogP contribution in [0.2, 0.25) is 0 Å². The van der Waals surface area contributed by atoms with Gasteiger partial charge in [0, 0.05) is 12.6 Å². The molecule has 0 radical (unpaired) electrons. The number of aliphatic hydroxyl groups is 2. The van der Waals surface area contributed by atoms with Crippen molar-refractivity contribution in [2.24, 2.45) is 35.5 Å². The Balaban J connectivity index is 1.60. The maximum absolute atomic E-state index is 12.6. The molecule has 3 fully saturated rings. The molecule has 7 nitrogen and oxygen atoms in total. The lowest BCUT2D eigenvalue weighted by molar-refractivity contribution is -0.118. The van der Waals surface area contributed by atoms with Crippen LogP contribution < -0.4 is 10.6 Å². The number of Topliss-reactive ketones (excluding diaryl/α,β-unsaturated/α-hetero) is 1. The van der Waals surface area contributed by atoms with Gasteiger partial charge in [-0.05, 0) is 67.3 Å². The summed E-state index contributed by atoms with van der Waals surface area (Å²) in [7, 11) is 0. The van der Waals surface area contributed by atoms with Crippen molar-refractivity contribution in [1.82, 2.24) is 10.6 Å². The van der Waals surface area contributed by atoms with Crippen molar-refractivity contribution in [2.45, 2.75) is 58.1 Å². The number of carbonyl (C=O) groups is 3. The van der Waals surface area contributed by atoms with Crippen LogP contribution in [0.5, 0.6) is 0 Å². The summed E-state index contributed by atoms with van der Waals surface area (Å²) in [6, 6.07) is -0.714. The molecule has 0 spiro atoms. The van der Waals surface area contributed by atoms with E-state index in [2.05, 4.69) is 30.6 Å². The Bertz CT molecular complexity index is 1020. The molecule has 0 aromatic rings. The van der Waals surface area contributed by atoms with Gasteiger partial charge in [-0.25, -0.2) is 0 Å². The highest BCUT2D eigenvalue weighted by atomic mass is 16.3. The molecule has 2 bridgehead atoms. The molecule has 1 saturated heterocycles. The van der Waals surface area contributed by atoms with Crippen LogP contribution in [-0.4, -0.2) is 46.5 Å². The van der Waals surface area contributed by atoms with E-state index in [4.69, 9.17) is 0 Å². The normalized spacial score (nSPS) is 43.1. The standard InChI is InChI=1S/C29H38N2O5/c1-3-18-15-20-16-19-9-4-7-13-24(34)30-14-8-10-21-28(35)27(29(36)31-21)23(33)12-6-5-11-22(32)26(19)25(20)17(18)2/h4-7,9,11-13,17-22,25-26,32-33H,3,8,10,14-16H2,1-2H3,(H,30,34)(H,31,36)/b9-4+,11-5+,12-6+,13-7+,27-23-/t17?,18-,19-,20+,21+,22-,25+,26-/m1/s1. The van der Waals surface area contributed by atoms with Gasteiger partial charge in [-0.2, -0.15) is 0 Å². The largest absolute Gasteiger partial charge is 0.507 e. The van der Waals surface area contributed by atoms with Gasteiger partial charge in [0.2, 0.25) is 5.91 Å². The van der Waals surface area contributed by atoms with Crippen molar-refractivity contribution in [1.29, 1.82) is 0 Å². The molecule has 4 rings (SSSR count). The van der Waals surface area contributed by atoms with E-state index in [-0.39, 0.29) is 29.1 Å². The second kappa shape index (κ2) is 11.4. The third-order valence-corrected chi connectivity index (χ3v) is 8.64. The number of allylic oxidation sites excluding steroid dienone is 6. The van der Waals surface area contributed by atoms with Gasteiger partial charge < -0.3 is 20.8 Å². The minimum absolute atomic E-state index is 0.0603. The van der Waals surface area contributed by atoms with Crippen molar-refractivity contribution >= 4 is 17.6 Å². The monoisotopic (exact) mass is 494 g/mol. The molecule has 2 amide bonds. The molecule has 4 N–H and O–H groups in total. The number of nitrogens with one attached hydrogen (secondary N) is 2. The maximum atomic E-state index is 12.6. The van der Waals surface area contributed by atoms with Gasteiger partial charge in [-0.15, -0.1) is 0 Å². The van der Waals surface area contributed by atoms with E-state index in [1.54, 1.807) is 24.3 Å². The van der Waals surface area contributed by atoms with Crippen LogP contribution in [0, 0.1) is 35.5 Å². The lowest BCUT2D eigenvalue weighted by Gasteiger charge is -2.30. The average Bonchev–Trinajstić information content (AvgIpc) is 3.45. The van der Waals surface area contributed by atoms with E-state index in [0.29, 0.717) is 43.1 Å². The smallest absolute Gasteiger partial charge is 0.259 e. The van der Waals surface area contributed by atoms with Crippen molar-refractivity contribution in [2.75, 3.05) is 6.54 Å². The fourth-order valence-electron chi connectivity index (χ4n) is 6.93. The Kier molecular flexibility index (Phi) is 8.29. The molecule has 0 aromatic heterocycles. The first-order valence-corrected chi connectivity index (χ1v) is 13.3. The topological polar surface area (TPSA) is 116 Å². The fourth-order valence-corrected chi connectivity index (χ4v) is 6.93. The van der Waals surface area contributed by atoms with Crippen LogP contribution in [0.4, 0.5) is 0 Å². The summed E-state index contributed by atoms with van der Waals surface area (Å²) in [6.45, 7) is 4.92. The van der Waals surface area contributed by atoms with Crippen LogP contribution in [0.15, 0.2) is 59.9 Å². The summed E-state index contributed by atoms with van der Waals surface area (Å²) in [5, 5.41) is 27.0. The molecule has 36 heavy (non-hydrogen) atoms. The average molecular weight is 495 g/mol. The number of rotatable bonds is 1. The van der Waals surface area contributed by atoms with E-state index >= 15 is 0 Å². The third-order valence-electron chi connectivity index (χ3n) is 8.64. The lowest BCUT2D eigenvalue weighted by Crippen LogP contribution is -2.31. The van der Waals surface area contributed by atoms with Gasteiger partial charge in [0.1, 0.15) is 11.3 Å². The quantitative estimate of drug-likeness (QED) is 0.418. The first kappa shape index (κ1) is 26.1. The Morgan fingerprint density at radius 3 is 2.53 bits per heavy atom.